The molecule has 0 aromatic carbocycles. The lowest BCUT2D eigenvalue weighted by Crippen LogP contribution is -2.00. The molecule has 0 bridgehead atoms. The number of ether oxygens (including phenoxy) is 1. The van der Waals surface area contributed by atoms with E-state index in [1.54, 1.807) is 0 Å². The van der Waals surface area contributed by atoms with Crippen molar-refractivity contribution < 1.29 is 14.6 Å². The van der Waals surface area contributed by atoms with Gasteiger partial charge in [-0.1, -0.05) is 0 Å². The molecule has 0 aliphatic rings. The Labute approximate surface area is 61.4 Å². The first-order chi connectivity index (χ1) is 4.09. The molecule has 1 N–H and O–H groups in total. The lowest BCUT2D eigenvalue weighted by Gasteiger charge is -1.95. The summed E-state index contributed by atoms with van der Waals surface area (Å²) in [4.78, 5) is 10.5. The third kappa shape index (κ3) is 2.51. The summed E-state index contributed by atoms with van der Waals surface area (Å²) in [7, 11) is 1.24. The molecule has 4 heteroatoms. The fraction of sp³-hybridized carbons (Fsp3) is 0.400. The third-order valence-corrected chi connectivity index (χ3v) is 1.58. The van der Waals surface area contributed by atoms with Crippen molar-refractivity contribution in [2.75, 3.05) is 7.11 Å². The van der Waals surface area contributed by atoms with E-state index in [1.807, 2.05) is 0 Å². The van der Waals surface area contributed by atoms with E-state index in [0.29, 0.717) is 0 Å². The van der Waals surface area contributed by atoms with Gasteiger partial charge in [-0.3, -0.25) is 0 Å². The average Bonchev–Trinajstić information content (AvgIpc) is 1.84. The van der Waals surface area contributed by atoms with Crippen LogP contribution in [0.2, 0.25) is 0 Å². The largest absolute Gasteiger partial charge is 0.511 e. The molecule has 0 amide bonds. The Hall–Kier alpha value is -0.510. The lowest BCUT2D eigenvalue weighted by molar-refractivity contribution is -0.135. The van der Waals surface area contributed by atoms with Crippen LogP contribution in [0.3, 0.4) is 0 Å². The van der Waals surface area contributed by atoms with Crippen molar-refractivity contribution in [1.82, 2.24) is 0 Å². The lowest BCUT2D eigenvalue weighted by atomic mass is 10.5. The van der Waals surface area contributed by atoms with E-state index in [0.717, 1.165) is 0 Å². The number of carbonyl (C=O) groups excluding carboxylic acids is 1. The Kier molecular flexibility index (Phi) is 3.30. The van der Waals surface area contributed by atoms with Crippen LogP contribution in [0, 0.1) is 0 Å². The summed E-state index contributed by atoms with van der Waals surface area (Å²) in [6.45, 7) is 1.39. The van der Waals surface area contributed by atoms with Crippen LogP contribution in [-0.2, 0) is 9.53 Å². The number of allylic oxidation sites excluding steroid dienone is 1. The number of halogens is 1. The zero-order valence-electron chi connectivity index (χ0n) is 5.14. The Morgan fingerprint density at radius 3 is 2.22 bits per heavy atom. The SMILES string of the molecule is COC(=O)/C(Br)=C(/C)O. The zero-order valence-corrected chi connectivity index (χ0v) is 6.73. The van der Waals surface area contributed by atoms with Gasteiger partial charge in [-0.25, -0.2) is 4.79 Å². The molecule has 9 heavy (non-hydrogen) atoms. The van der Waals surface area contributed by atoms with Crippen LogP contribution < -0.4 is 0 Å². The first kappa shape index (κ1) is 8.49. The topological polar surface area (TPSA) is 46.5 Å². The summed E-state index contributed by atoms with van der Waals surface area (Å²) in [5.74, 6) is -0.656. The van der Waals surface area contributed by atoms with Crippen molar-refractivity contribution in [1.29, 1.82) is 0 Å². The molecule has 0 saturated carbocycles. The molecule has 0 aliphatic carbocycles. The van der Waals surface area contributed by atoms with Gasteiger partial charge in [0.25, 0.3) is 0 Å². The summed E-state index contributed by atoms with van der Waals surface area (Å²) < 4.78 is 4.33. The average molecular weight is 195 g/mol. The summed E-state index contributed by atoms with van der Waals surface area (Å²) in [6.07, 6.45) is 0. The van der Waals surface area contributed by atoms with Crippen LogP contribution >= 0.6 is 15.9 Å². The van der Waals surface area contributed by atoms with Crippen molar-refractivity contribution >= 4 is 21.9 Å². The van der Waals surface area contributed by atoms with E-state index in [4.69, 9.17) is 5.11 Å². The quantitative estimate of drug-likeness (QED) is 0.390. The molecule has 0 aromatic rings. The molecule has 0 aromatic heterocycles. The van der Waals surface area contributed by atoms with Gasteiger partial charge in [-0.15, -0.1) is 0 Å². The first-order valence-corrected chi connectivity index (χ1v) is 3.02. The molecule has 0 heterocycles. The maximum absolute atomic E-state index is 10.5. The van der Waals surface area contributed by atoms with Gasteiger partial charge in [0.15, 0.2) is 0 Å². The molecule has 0 unspecified atom stereocenters. The zero-order chi connectivity index (χ0) is 7.44. The highest BCUT2D eigenvalue weighted by Crippen LogP contribution is 2.10. The number of hydrogen-bond donors (Lipinski definition) is 1. The number of rotatable bonds is 1. The number of hydrogen-bond acceptors (Lipinski definition) is 3. The first-order valence-electron chi connectivity index (χ1n) is 2.23. The van der Waals surface area contributed by atoms with Crippen LogP contribution in [0.4, 0.5) is 0 Å². The highest BCUT2D eigenvalue weighted by molar-refractivity contribution is 9.12. The normalized spacial score (nSPS) is 12.3. The summed E-state index contributed by atoms with van der Waals surface area (Å²) in [5.41, 5.74) is 0. The predicted molar refractivity (Wildman–Crippen MR) is 36.3 cm³/mol. The molecule has 52 valence electrons. The van der Waals surface area contributed by atoms with E-state index in [1.165, 1.54) is 14.0 Å². The third-order valence-electron chi connectivity index (χ3n) is 0.682. The summed E-state index contributed by atoms with van der Waals surface area (Å²) in [6, 6.07) is 0. The maximum Gasteiger partial charge on any atom is 0.348 e. The van der Waals surface area contributed by atoms with Crippen molar-refractivity contribution in [2.45, 2.75) is 6.92 Å². The monoisotopic (exact) mass is 194 g/mol. The fourth-order valence-corrected chi connectivity index (χ4v) is 0.399. The molecule has 0 spiro atoms. The van der Waals surface area contributed by atoms with Crippen molar-refractivity contribution in [3.63, 3.8) is 0 Å². The minimum Gasteiger partial charge on any atom is -0.511 e. The van der Waals surface area contributed by atoms with E-state index < -0.39 is 5.97 Å². The van der Waals surface area contributed by atoms with Crippen molar-refractivity contribution in [3.8, 4) is 0 Å². The van der Waals surface area contributed by atoms with Gasteiger partial charge >= 0.3 is 5.97 Å². The minimum atomic E-state index is -0.574. The number of methoxy groups -OCH3 is 1. The van der Waals surface area contributed by atoms with E-state index >= 15 is 0 Å². The van der Waals surface area contributed by atoms with Gasteiger partial charge in [0.1, 0.15) is 10.2 Å². The Bertz CT molecular complexity index is 146. The number of esters is 1. The van der Waals surface area contributed by atoms with Gasteiger partial charge < -0.3 is 9.84 Å². The van der Waals surface area contributed by atoms with Gasteiger partial charge in [0, 0.05) is 0 Å². The van der Waals surface area contributed by atoms with Crippen LogP contribution in [0.1, 0.15) is 6.92 Å². The Morgan fingerprint density at radius 1 is 1.67 bits per heavy atom. The standard InChI is InChI=1S/C5H7BrO3/c1-3(7)4(6)5(8)9-2/h7H,1-2H3/b4-3+. The smallest absolute Gasteiger partial charge is 0.348 e. The van der Waals surface area contributed by atoms with Crippen LogP contribution in [-0.4, -0.2) is 18.2 Å². The van der Waals surface area contributed by atoms with Gasteiger partial charge in [0.05, 0.1) is 7.11 Å². The molecule has 3 nitrogen and oxygen atoms in total. The molecule has 0 atom stereocenters. The van der Waals surface area contributed by atoms with E-state index in [-0.39, 0.29) is 10.2 Å². The highest BCUT2D eigenvalue weighted by Gasteiger charge is 2.07. The highest BCUT2D eigenvalue weighted by atomic mass is 79.9. The van der Waals surface area contributed by atoms with Crippen molar-refractivity contribution in [2.24, 2.45) is 0 Å². The molecular weight excluding hydrogens is 188 g/mol. The van der Waals surface area contributed by atoms with Crippen LogP contribution in [0.25, 0.3) is 0 Å². The predicted octanol–water partition coefficient (Wildman–Crippen LogP) is 1.34. The van der Waals surface area contributed by atoms with Gasteiger partial charge in [-0.05, 0) is 22.9 Å². The molecule has 0 radical (unpaired) electrons. The van der Waals surface area contributed by atoms with E-state index in [2.05, 4.69) is 20.7 Å². The van der Waals surface area contributed by atoms with Gasteiger partial charge in [0.2, 0.25) is 0 Å². The Balaban J connectivity index is 4.21. The van der Waals surface area contributed by atoms with Crippen LogP contribution in [0.5, 0.6) is 0 Å². The second kappa shape index (κ2) is 3.50. The minimum absolute atomic E-state index is 0.0602. The summed E-state index contributed by atoms with van der Waals surface area (Å²) in [5, 5.41) is 8.65. The number of aliphatic hydroxyl groups excluding tert-OH is 1. The fourth-order valence-electron chi connectivity index (χ4n) is 0.237. The second-order valence-corrected chi connectivity index (χ2v) is 2.18. The number of carbonyl (C=O) groups is 1. The summed E-state index contributed by atoms with van der Waals surface area (Å²) >= 11 is 2.82. The Morgan fingerprint density at radius 2 is 2.11 bits per heavy atom. The number of aliphatic hydroxyl groups is 1. The molecule has 0 saturated heterocycles. The van der Waals surface area contributed by atoms with E-state index in [9.17, 15) is 4.79 Å². The van der Waals surface area contributed by atoms with Gasteiger partial charge in [-0.2, -0.15) is 0 Å². The second-order valence-electron chi connectivity index (χ2n) is 1.39. The maximum atomic E-state index is 10.5. The molecule has 0 aliphatic heterocycles. The molecule has 0 rings (SSSR count). The van der Waals surface area contributed by atoms with Crippen LogP contribution in [0.15, 0.2) is 10.2 Å². The van der Waals surface area contributed by atoms with Crippen molar-refractivity contribution in [3.05, 3.63) is 10.2 Å². The molecular formula is C5H7BrO3. The molecule has 0 fully saturated rings.